The molecule has 3 aromatic rings. The minimum Gasteiger partial charge on any atom is -0.507 e. The molecule has 1 aromatic heterocycles. The van der Waals surface area contributed by atoms with Gasteiger partial charge in [0.25, 0.3) is 11.7 Å². The van der Waals surface area contributed by atoms with Crippen LogP contribution in [0.15, 0.2) is 85.5 Å². The lowest BCUT2D eigenvalue weighted by Crippen LogP contribution is -2.31. The van der Waals surface area contributed by atoms with Crippen molar-refractivity contribution in [1.29, 1.82) is 0 Å². The first-order chi connectivity index (χ1) is 17.0. The third-order valence-corrected chi connectivity index (χ3v) is 5.82. The highest BCUT2D eigenvalue weighted by molar-refractivity contribution is 6.46. The van der Waals surface area contributed by atoms with E-state index in [4.69, 9.17) is 9.47 Å². The highest BCUT2D eigenvalue weighted by Crippen LogP contribution is 2.40. The molecule has 8 nitrogen and oxygen atoms in total. The number of carbonyl (C=O) groups excluding carboxylic acids is 2. The molecule has 180 valence electrons. The Morgan fingerprint density at radius 1 is 1.14 bits per heavy atom. The Bertz CT molecular complexity index is 1230. The lowest BCUT2D eigenvalue weighted by atomic mass is 9.95. The van der Waals surface area contributed by atoms with Crippen LogP contribution >= 0.6 is 0 Å². The van der Waals surface area contributed by atoms with Crippen LogP contribution in [0.25, 0.3) is 5.76 Å². The molecule has 1 aliphatic heterocycles. The van der Waals surface area contributed by atoms with E-state index in [9.17, 15) is 14.7 Å². The second-order valence-electron chi connectivity index (χ2n) is 8.05. The first-order valence-electron chi connectivity index (χ1n) is 11.3. The molecule has 4 rings (SSSR count). The number of amides is 1. The number of ketones is 1. The summed E-state index contributed by atoms with van der Waals surface area (Å²) in [6.07, 6.45) is 7.48. The molecule has 0 spiro atoms. The molecule has 2 aromatic carbocycles. The largest absolute Gasteiger partial charge is 0.507 e. The average Bonchev–Trinajstić information content (AvgIpc) is 3.49. The van der Waals surface area contributed by atoms with Gasteiger partial charge >= 0.3 is 0 Å². The van der Waals surface area contributed by atoms with Gasteiger partial charge in [-0.1, -0.05) is 24.8 Å². The van der Waals surface area contributed by atoms with Crippen molar-refractivity contribution in [2.24, 2.45) is 0 Å². The summed E-state index contributed by atoms with van der Waals surface area (Å²) in [5, 5.41) is 11.2. The molecular formula is C27H27N3O5. The van der Waals surface area contributed by atoms with E-state index in [1.165, 1.54) is 4.90 Å². The van der Waals surface area contributed by atoms with E-state index in [-0.39, 0.29) is 11.3 Å². The van der Waals surface area contributed by atoms with Gasteiger partial charge in [-0.15, -0.1) is 0 Å². The van der Waals surface area contributed by atoms with Crippen LogP contribution in [-0.4, -0.2) is 51.5 Å². The van der Waals surface area contributed by atoms with Gasteiger partial charge < -0.3 is 24.0 Å². The molecule has 35 heavy (non-hydrogen) atoms. The Balaban J connectivity index is 1.73. The molecule has 1 N–H and O–H groups in total. The summed E-state index contributed by atoms with van der Waals surface area (Å²) in [5.74, 6) is -0.400. The molecule has 1 aliphatic rings. The van der Waals surface area contributed by atoms with Crippen molar-refractivity contribution in [2.75, 3.05) is 20.3 Å². The summed E-state index contributed by atoms with van der Waals surface area (Å²) in [6, 6.07) is 13.1. The van der Waals surface area contributed by atoms with Crippen molar-refractivity contribution in [1.82, 2.24) is 14.5 Å². The van der Waals surface area contributed by atoms with Crippen LogP contribution in [0.4, 0.5) is 0 Å². The van der Waals surface area contributed by atoms with E-state index in [2.05, 4.69) is 11.6 Å². The number of aliphatic hydroxyl groups excluding tert-OH is 1. The first kappa shape index (κ1) is 23.8. The summed E-state index contributed by atoms with van der Waals surface area (Å²) in [5.41, 5.74) is 1.14. The van der Waals surface area contributed by atoms with Crippen molar-refractivity contribution in [2.45, 2.75) is 19.0 Å². The average molecular weight is 474 g/mol. The van der Waals surface area contributed by atoms with Crippen LogP contribution in [0.2, 0.25) is 0 Å². The second kappa shape index (κ2) is 10.7. The zero-order chi connectivity index (χ0) is 24.8. The van der Waals surface area contributed by atoms with Crippen LogP contribution in [0.5, 0.6) is 11.5 Å². The highest BCUT2D eigenvalue weighted by Gasteiger charge is 2.45. The first-order valence-corrected chi connectivity index (χ1v) is 11.3. The fraction of sp³-hybridized carbons (Fsp3) is 0.222. The predicted octanol–water partition coefficient (Wildman–Crippen LogP) is 3.97. The van der Waals surface area contributed by atoms with E-state index in [1.54, 1.807) is 68.2 Å². The number of ether oxygens (including phenoxy) is 2. The van der Waals surface area contributed by atoms with Crippen LogP contribution in [0.1, 0.15) is 23.6 Å². The van der Waals surface area contributed by atoms with Gasteiger partial charge in [-0.05, 0) is 48.4 Å². The molecule has 1 amide bonds. The van der Waals surface area contributed by atoms with Crippen LogP contribution in [0, 0.1) is 0 Å². The number of Topliss-reactive ketones (excluding diaryl/α,β-unsaturated/α-hetero) is 1. The molecule has 2 heterocycles. The fourth-order valence-corrected chi connectivity index (χ4v) is 4.13. The van der Waals surface area contributed by atoms with Gasteiger partial charge in [0.1, 0.15) is 23.9 Å². The summed E-state index contributed by atoms with van der Waals surface area (Å²) in [6.45, 7) is 4.94. The molecule has 0 radical (unpaired) electrons. The third-order valence-electron chi connectivity index (χ3n) is 5.82. The Hall–Kier alpha value is -4.33. The summed E-state index contributed by atoms with van der Waals surface area (Å²) >= 11 is 0. The van der Waals surface area contributed by atoms with Gasteiger partial charge in [-0.25, -0.2) is 4.98 Å². The van der Waals surface area contributed by atoms with Gasteiger partial charge in [0.05, 0.1) is 25.1 Å². The number of aromatic nitrogens is 2. The Morgan fingerprint density at radius 3 is 2.63 bits per heavy atom. The monoisotopic (exact) mass is 473 g/mol. The van der Waals surface area contributed by atoms with Crippen LogP contribution < -0.4 is 9.47 Å². The quantitative estimate of drug-likeness (QED) is 0.207. The number of methoxy groups -OCH3 is 1. The van der Waals surface area contributed by atoms with Crippen LogP contribution in [0.3, 0.4) is 0 Å². The van der Waals surface area contributed by atoms with E-state index < -0.39 is 17.7 Å². The number of carbonyl (C=O) groups is 2. The fourth-order valence-electron chi connectivity index (χ4n) is 4.13. The minimum absolute atomic E-state index is 0.0451. The zero-order valence-electron chi connectivity index (χ0n) is 19.5. The molecule has 1 saturated heterocycles. The van der Waals surface area contributed by atoms with E-state index in [0.29, 0.717) is 48.7 Å². The van der Waals surface area contributed by atoms with Crippen molar-refractivity contribution >= 4 is 17.4 Å². The number of nitrogens with zero attached hydrogens (tertiary/aromatic N) is 3. The maximum absolute atomic E-state index is 13.2. The van der Waals surface area contributed by atoms with E-state index >= 15 is 0 Å². The standard InChI is InChI=1S/C27H27N3O5/c1-3-16-35-22-7-4-6-20(17-22)24-23(25(31)19-8-10-21(34-2)11-9-19)26(32)27(33)30(24)14-5-13-29-15-12-28-18-29/h3-4,6-12,15,17-18,24,31H,1,5,13-14,16H2,2H3/b25-23+. The van der Waals surface area contributed by atoms with Gasteiger partial charge in [-0.2, -0.15) is 0 Å². The molecular weight excluding hydrogens is 446 g/mol. The number of rotatable bonds is 10. The summed E-state index contributed by atoms with van der Waals surface area (Å²) in [4.78, 5) is 31.9. The molecule has 0 saturated carbocycles. The predicted molar refractivity (Wildman–Crippen MR) is 131 cm³/mol. The Labute approximate surface area is 203 Å². The molecule has 8 heteroatoms. The smallest absolute Gasteiger partial charge is 0.295 e. The molecule has 1 atom stereocenters. The maximum atomic E-state index is 13.2. The van der Waals surface area contributed by atoms with Crippen LogP contribution in [-0.2, 0) is 16.1 Å². The number of likely N-dealkylation sites (tertiary alicyclic amines) is 1. The molecule has 1 fully saturated rings. The number of aryl methyl sites for hydroxylation is 1. The molecule has 0 aliphatic carbocycles. The number of hydrogen-bond acceptors (Lipinski definition) is 6. The van der Waals surface area contributed by atoms with E-state index in [0.717, 1.165) is 0 Å². The number of imidazole rings is 1. The topological polar surface area (TPSA) is 93.9 Å². The molecule has 1 unspecified atom stereocenters. The van der Waals surface area contributed by atoms with Crippen molar-refractivity contribution in [3.05, 3.63) is 96.6 Å². The SMILES string of the molecule is C=CCOc1cccc(C2/C(=C(\O)c3ccc(OC)cc3)C(=O)C(=O)N2CCCn2ccnc2)c1. The summed E-state index contributed by atoms with van der Waals surface area (Å²) in [7, 11) is 1.55. The minimum atomic E-state index is -0.757. The second-order valence-corrected chi connectivity index (χ2v) is 8.05. The lowest BCUT2D eigenvalue weighted by Gasteiger charge is -2.25. The Morgan fingerprint density at radius 2 is 1.94 bits per heavy atom. The third kappa shape index (κ3) is 5.11. The summed E-state index contributed by atoms with van der Waals surface area (Å²) < 4.78 is 12.8. The molecule has 0 bridgehead atoms. The maximum Gasteiger partial charge on any atom is 0.295 e. The van der Waals surface area contributed by atoms with Crippen molar-refractivity contribution in [3.8, 4) is 11.5 Å². The van der Waals surface area contributed by atoms with Crippen molar-refractivity contribution < 1.29 is 24.2 Å². The number of aliphatic hydroxyl groups is 1. The number of hydrogen-bond donors (Lipinski definition) is 1. The van der Waals surface area contributed by atoms with Gasteiger partial charge in [0.15, 0.2) is 0 Å². The van der Waals surface area contributed by atoms with E-state index in [1.807, 2.05) is 16.8 Å². The highest BCUT2D eigenvalue weighted by atomic mass is 16.5. The Kier molecular flexibility index (Phi) is 7.30. The van der Waals surface area contributed by atoms with Gasteiger partial charge in [0, 0.05) is 31.0 Å². The lowest BCUT2D eigenvalue weighted by molar-refractivity contribution is -0.139. The normalized spacial score (nSPS) is 16.9. The van der Waals surface area contributed by atoms with Gasteiger partial charge in [0.2, 0.25) is 0 Å². The van der Waals surface area contributed by atoms with Gasteiger partial charge in [-0.3, -0.25) is 9.59 Å². The number of benzene rings is 2. The zero-order valence-corrected chi connectivity index (χ0v) is 19.5. The van der Waals surface area contributed by atoms with Crippen molar-refractivity contribution in [3.63, 3.8) is 0 Å².